The van der Waals surface area contributed by atoms with E-state index >= 15 is 0 Å². The van der Waals surface area contributed by atoms with Gasteiger partial charge in [-0.3, -0.25) is 14.2 Å². The summed E-state index contributed by atoms with van der Waals surface area (Å²) in [5.41, 5.74) is 1.90. The van der Waals surface area contributed by atoms with Gasteiger partial charge in [0, 0.05) is 6.54 Å². The van der Waals surface area contributed by atoms with Gasteiger partial charge < -0.3 is 9.47 Å². The molecule has 0 amide bonds. The third-order valence-electron chi connectivity index (χ3n) is 5.01. The van der Waals surface area contributed by atoms with E-state index in [1.165, 1.54) is 37.3 Å². The van der Waals surface area contributed by atoms with Crippen molar-refractivity contribution < 1.29 is 19.1 Å². The lowest BCUT2D eigenvalue weighted by atomic mass is 9.97. The van der Waals surface area contributed by atoms with Gasteiger partial charge in [0.2, 0.25) is 0 Å². The number of hydrogen-bond acceptors (Lipinski definition) is 7. The first-order chi connectivity index (χ1) is 14.5. The van der Waals surface area contributed by atoms with Crippen molar-refractivity contribution in [1.82, 2.24) is 9.55 Å². The molecule has 1 aliphatic rings. The molecule has 2 aromatic rings. The highest BCUT2D eigenvalue weighted by Gasteiger charge is 2.16. The molecule has 7 nitrogen and oxygen atoms in total. The molecule has 30 heavy (non-hydrogen) atoms. The Morgan fingerprint density at radius 1 is 1.27 bits per heavy atom. The molecule has 0 N–H and O–H groups in total. The lowest BCUT2D eigenvalue weighted by molar-refractivity contribution is -0.139. The standard InChI is InChI=1S/C22H26N2O5S/c1-3-29-19(25)14-30-22-23-18-13-16(21(27)28-2)9-10-17(18)20(26)24(22)12-11-15-7-5-4-6-8-15/h7,9-10,13H,3-6,8,11-12,14H2,1-2H3. The molecule has 1 aromatic heterocycles. The van der Waals surface area contributed by atoms with Crippen LogP contribution in [0.5, 0.6) is 0 Å². The van der Waals surface area contributed by atoms with E-state index in [-0.39, 0.29) is 17.3 Å². The van der Waals surface area contributed by atoms with Crippen molar-refractivity contribution in [3.8, 4) is 0 Å². The molecule has 0 aliphatic heterocycles. The minimum absolute atomic E-state index is 0.0607. The maximum atomic E-state index is 13.2. The van der Waals surface area contributed by atoms with Crippen molar-refractivity contribution >= 4 is 34.6 Å². The third kappa shape index (κ3) is 5.30. The van der Waals surface area contributed by atoms with Crippen LogP contribution in [-0.2, 0) is 20.8 Å². The molecule has 0 atom stereocenters. The zero-order valence-electron chi connectivity index (χ0n) is 17.3. The Bertz CT molecular complexity index is 1030. The second kappa shape index (κ2) is 10.4. The van der Waals surface area contributed by atoms with Gasteiger partial charge in [-0.2, -0.15) is 0 Å². The Morgan fingerprint density at radius 3 is 2.80 bits per heavy atom. The summed E-state index contributed by atoms with van der Waals surface area (Å²) in [6, 6.07) is 4.72. The zero-order chi connectivity index (χ0) is 21.5. The largest absolute Gasteiger partial charge is 0.465 e. The van der Waals surface area contributed by atoms with Crippen molar-refractivity contribution in [3.63, 3.8) is 0 Å². The molecule has 0 fully saturated rings. The number of benzene rings is 1. The summed E-state index contributed by atoms with van der Waals surface area (Å²) in [5.74, 6) is -0.792. The van der Waals surface area contributed by atoms with E-state index in [1.54, 1.807) is 29.7 Å². The van der Waals surface area contributed by atoms with Crippen molar-refractivity contribution in [2.24, 2.45) is 0 Å². The van der Waals surface area contributed by atoms with E-state index < -0.39 is 5.97 Å². The Hall–Kier alpha value is -2.61. The van der Waals surface area contributed by atoms with Crippen LogP contribution in [0.2, 0.25) is 0 Å². The fourth-order valence-electron chi connectivity index (χ4n) is 3.47. The smallest absolute Gasteiger partial charge is 0.337 e. The second-order valence-corrected chi connectivity index (χ2v) is 7.97. The maximum Gasteiger partial charge on any atom is 0.337 e. The highest BCUT2D eigenvalue weighted by molar-refractivity contribution is 7.99. The van der Waals surface area contributed by atoms with E-state index in [4.69, 9.17) is 9.47 Å². The lowest BCUT2D eigenvalue weighted by Crippen LogP contribution is -2.24. The zero-order valence-corrected chi connectivity index (χ0v) is 18.1. The van der Waals surface area contributed by atoms with Gasteiger partial charge in [0.05, 0.1) is 35.9 Å². The van der Waals surface area contributed by atoms with Gasteiger partial charge in [-0.05, 0) is 57.2 Å². The van der Waals surface area contributed by atoms with Crippen LogP contribution in [0.25, 0.3) is 10.9 Å². The number of aromatic nitrogens is 2. The SMILES string of the molecule is CCOC(=O)CSc1nc2cc(C(=O)OC)ccc2c(=O)n1CCC1=CCCCC1. The average molecular weight is 431 g/mol. The number of carbonyl (C=O) groups is 2. The molecule has 0 spiro atoms. The summed E-state index contributed by atoms with van der Waals surface area (Å²) < 4.78 is 11.4. The molecule has 0 unspecified atom stereocenters. The van der Waals surface area contributed by atoms with Crippen LogP contribution in [0, 0.1) is 0 Å². The van der Waals surface area contributed by atoms with Crippen LogP contribution in [0.4, 0.5) is 0 Å². The van der Waals surface area contributed by atoms with Crippen molar-refractivity contribution in [2.75, 3.05) is 19.5 Å². The summed E-state index contributed by atoms with van der Waals surface area (Å²) in [6.07, 6.45) is 7.57. The first-order valence-electron chi connectivity index (χ1n) is 10.1. The Balaban J connectivity index is 1.96. The predicted octanol–water partition coefficient (Wildman–Crippen LogP) is 3.73. The first kappa shape index (κ1) is 22.1. The van der Waals surface area contributed by atoms with Gasteiger partial charge in [-0.25, -0.2) is 9.78 Å². The summed E-state index contributed by atoms with van der Waals surface area (Å²) >= 11 is 1.17. The molecule has 3 rings (SSSR count). The molecular weight excluding hydrogens is 404 g/mol. The molecule has 0 radical (unpaired) electrons. The number of hydrogen-bond donors (Lipinski definition) is 0. The van der Waals surface area contributed by atoms with Crippen LogP contribution in [-0.4, -0.2) is 41.0 Å². The summed E-state index contributed by atoms with van der Waals surface area (Å²) in [7, 11) is 1.30. The van der Waals surface area contributed by atoms with Gasteiger partial charge >= 0.3 is 11.9 Å². The number of carbonyl (C=O) groups excluding carboxylic acids is 2. The highest BCUT2D eigenvalue weighted by atomic mass is 32.2. The normalized spacial score (nSPS) is 13.7. The van der Waals surface area contributed by atoms with Crippen LogP contribution >= 0.6 is 11.8 Å². The Kier molecular flexibility index (Phi) is 7.68. The number of allylic oxidation sites excluding steroid dienone is 2. The van der Waals surface area contributed by atoms with E-state index in [1.807, 2.05) is 0 Å². The number of rotatable bonds is 8. The van der Waals surface area contributed by atoms with Crippen LogP contribution in [0.15, 0.2) is 39.8 Å². The molecule has 0 saturated carbocycles. The topological polar surface area (TPSA) is 87.5 Å². The molecule has 0 bridgehead atoms. The second-order valence-electron chi connectivity index (χ2n) is 7.03. The minimum Gasteiger partial charge on any atom is -0.465 e. The van der Waals surface area contributed by atoms with E-state index in [9.17, 15) is 14.4 Å². The van der Waals surface area contributed by atoms with Gasteiger partial charge in [-0.15, -0.1) is 0 Å². The number of ether oxygens (including phenoxy) is 2. The number of esters is 2. The quantitative estimate of drug-likeness (QED) is 0.273. The van der Waals surface area contributed by atoms with E-state index in [0.29, 0.717) is 34.8 Å². The third-order valence-corrected chi connectivity index (χ3v) is 5.96. The molecule has 1 aliphatic carbocycles. The van der Waals surface area contributed by atoms with Crippen LogP contribution in [0.1, 0.15) is 49.4 Å². The molecule has 1 aromatic carbocycles. The molecule has 1 heterocycles. The predicted molar refractivity (Wildman–Crippen MR) is 116 cm³/mol. The number of nitrogens with zero attached hydrogens (tertiary/aromatic N) is 2. The van der Waals surface area contributed by atoms with Crippen molar-refractivity contribution in [2.45, 2.75) is 50.7 Å². The summed E-state index contributed by atoms with van der Waals surface area (Å²) in [6.45, 7) is 2.55. The molecule has 160 valence electrons. The Labute approximate surface area is 179 Å². The number of thioether (sulfide) groups is 1. The van der Waals surface area contributed by atoms with Gasteiger partial charge in [0.1, 0.15) is 0 Å². The number of methoxy groups -OCH3 is 1. The van der Waals surface area contributed by atoms with E-state index in [2.05, 4.69) is 11.1 Å². The molecule has 0 saturated heterocycles. The maximum absolute atomic E-state index is 13.2. The van der Waals surface area contributed by atoms with Crippen molar-refractivity contribution in [1.29, 1.82) is 0 Å². The van der Waals surface area contributed by atoms with Crippen molar-refractivity contribution in [3.05, 3.63) is 45.8 Å². The summed E-state index contributed by atoms with van der Waals surface area (Å²) in [4.78, 5) is 41.5. The molecular formula is C22H26N2O5S. The van der Waals surface area contributed by atoms with Gasteiger partial charge in [0.25, 0.3) is 5.56 Å². The monoisotopic (exact) mass is 430 g/mol. The fourth-order valence-corrected chi connectivity index (χ4v) is 4.29. The van der Waals surface area contributed by atoms with Crippen LogP contribution in [0.3, 0.4) is 0 Å². The highest BCUT2D eigenvalue weighted by Crippen LogP contribution is 2.23. The van der Waals surface area contributed by atoms with Crippen LogP contribution < -0.4 is 5.56 Å². The van der Waals surface area contributed by atoms with Gasteiger partial charge in [0.15, 0.2) is 5.16 Å². The van der Waals surface area contributed by atoms with Gasteiger partial charge in [-0.1, -0.05) is 23.4 Å². The molecule has 8 heteroatoms. The fraction of sp³-hybridized carbons (Fsp3) is 0.455. The summed E-state index contributed by atoms with van der Waals surface area (Å²) in [5, 5.41) is 0.875. The first-order valence-corrected chi connectivity index (χ1v) is 11.1. The van der Waals surface area contributed by atoms with E-state index in [0.717, 1.165) is 19.3 Å². The number of fused-ring (bicyclic) bond motifs is 1. The minimum atomic E-state index is -0.493. The average Bonchev–Trinajstić information content (AvgIpc) is 2.77. The Morgan fingerprint density at radius 2 is 2.10 bits per heavy atom. The lowest BCUT2D eigenvalue weighted by Gasteiger charge is -2.16.